The Morgan fingerprint density at radius 2 is 1.94 bits per heavy atom. The van der Waals surface area contributed by atoms with Gasteiger partial charge in [-0.25, -0.2) is 0 Å². The highest BCUT2D eigenvalue weighted by Crippen LogP contribution is 2.12. The molecule has 2 heteroatoms. The molecule has 0 fully saturated rings. The molecule has 0 spiro atoms. The van der Waals surface area contributed by atoms with Gasteiger partial charge in [-0.3, -0.25) is 4.79 Å². The van der Waals surface area contributed by atoms with E-state index in [1.54, 1.807) is 0 Å². The van der Waals surface area contributed by atoms with E-state index in [1.165, 1.54) is 12.5 Å². The maximum Gasteiger partial charge on any atom is 0.302 e. The van der Waals surface area contributed by atoms with Crippen LogP contribution in [0.5, 0.6) is 0 Å². The van der Waals surface area contributed by atoms with E-state index >= 15 is 0 Å². The molecule has 0 heterocycles. The number of aryl methyl sites for hydroxylation is 1. The van der Waals surface area contributed by atoms with Crippen molar-refractivity contribution in [2.75, 3.05) is 6.61 Å². The van der Waals surface area contributed by atoms with Crippen molar-refractivity contribution in [2.24, 2.45) is 5.92 Å². The quantitative estimate of drug-likeness (QED) is 0.688. The second-order valence-corrected chi connectivity index (χ2v) is 4.26. The Bertz CT molecular complexity index is 306. The molecule has 0 aliphatic rings. The SMILES string of the molecule is CC(=O)OCC[C@@H](C)CCc1ccccc1. The van der Waals surface area contributed by atoms with Gasteiger partial charge >= 0.3 is 5.97 Å². The summed E-state index contributed by atoms with van der Waals surface area (Å²) in [6.07, 6.45) is 3.19. The van der Waals surface area contributed by atoms with Crippen LogP contribution in [0.3, 0.4) is 0 Å². The molecular weight excluding hydrogens is 200 g/mol. The van der Waals surface area contributed by atoms with Crippen LogP contribution in [0.25, 0.3) is 0 Å². The largest absolute Gasteiger partial charge is 0.466 e. The molecule has 0 radical (unpaired) electrons. The van der Waals surface area contributed by atoms with Gasteiger partial charge in [0.1, 0.15) is 0 Å². The van der Waals surface area contributed by atoms with Gasteiger partial charge in [0, 0.05) is 6.92 Å². The summed E-state index contributed by atoms with van der Waals surface area (Å²) in [7, 11) is 0. The van der Waals surface area contributed by atoms with Crippen molar-refractivity contribution in [1.29, 1.82) is 0 Å². The molecule has 1 rings (SSSR count). The Morgan fingerprint density at radius 1 is 1.25 bits per heavy atom. The van der Waals surface area contributed by atoms with Gasteiger partial charge in [-0.15, -0.1) is 0 Å². The van der Waals surface area contributed by atoms with E-state index in [9.17, 15) is 4.79 Å². The van der Waals surface area contributed by atoms with Crippen LogP contribution in [0.1, 0.15) is 32.3 Å². The zero-order chi connectivity index (χ0) is 11.8. The molecule has 16 heavy (non-hydrogen) atoms. The Labute approximate surface area is 97.6 Å². The number of hydrogen-bond acceptors (Lipinski definition) is 2. The van der Waals surface area contributed by atoms with Gasteiger partial charge in [-0.2, -0.15) is 0 Å². The first-order chi connectivity index (χ1) is 7.68. The summed E-state index contributed by atoms with van der Waals surface area (Å²) in [6.45, 7) is 4.20. The number of carbonyl (C=O) groups is 1. The van der Waals surface area contributed by atoms with E-state index < -0.39 is 0 Å². The number of esters is 1. The molecule has 2 nitrogen and oxygen atoms in total. The van der Waals surface area contributed by atoms with Crippen LogP contribution < -0.4 is 0 Å². The average Bonchev–Trinajstić information content (AvgIpc) is 2.27. The zero-order valence-electron chi connectivity index (χ0n) is 10.1. The number of benzene rings is 1. The standard InChI is InChI=1S/C14H20O2/c1-12(10-11-16-13(2)15)8-9-14-6-4-3-5-7-14/h3-7,12H,8-11H2,1-2H3/t12-/m0/s1. The minimum atomic E-state index is -0.185. The number of hydrogen-bond donors (Lipinski definition) is 0. The van der Waals surface area contributed by atoms with Crippen LogP contribution in [0.2, 0.25) is 0 Å². The van der Waals surface area contributed by atoms with Crippen molar-refractivity contribution < 1.29 is 9.53 Å². The molecule has 0 aliphatic carbocycles. The monoisotopic (exact) mass is 220 g/mol. The number of ether oxygens (including phenoxy) is 1. The minimum Gasteiger partial charge on any atom is -0.466 e. The Kier molecular flexibility index (Phi) is 5.62. The fourth-order valence-electron chi connectivity index (χ4n) is 1.61. The molecule has 0 saturated heterocycles. The summed E-state index contributed by atoms with van der Waals surface area (Å²) < 4.78 is 4.93. The van der Waals surface area contributed by atoms with Crippen LogP contribution >= 0.6 is 0 Å². The van der Waals surface area contributed by atoms with E-state index in [4.69, 9.17) is 4.74 Å². The third-order valence-electron chi connectivity index (χ3n) is 2.68. The Balaban J connectivity index is 2.15. The molecule has 0 amide bonds. The van der Waals surface area contributed by atoms with Crippen LogP contribution in [0, 0.1) is 5.92 Å². The summed E-state index contributed by atoms with van der Waals surface area (Å²) in [6, 6.07) is 10.5. The minimum absolute atomic E-state index is 0.185. The molecule has 0 N–H and O–H groups in total. The van der Waals surface area contributed by atoms with Gasteiger partial charge in [-0.1, -0.05) is 37.3 Å². The molecule has 0 bridgehead atoms. The summed E-state index contributed by atoms with van der Waals surface area (Å²) >= 11 is 0. The first-order valence-electron chi connectivity index (χ1n) is 5.86. The Hall–Kier alpha value is -1.31. The van der Waals surface area contributed by atoms with Gasteiger partial charge in [0.25, 0.3) is 0 Å². The summed E-state index contributed by atoms with van der Waals surface area (Å²) in [5.74, 6) is 0.412. The predicted octanol–water partition coefficient (Wildman–Crippen LogP) is 3.21. The molecule has 0 aromatic heterocycles. The molecule has 1 atom stereocenters. The normalized spacial score (nSPS) is 12.1. The molecular formula is C14H20O2. The number of carbonyl (C=O) groups excluding carboxylic acids is 1. The van der Waals surface area contributed by atoms with Crippen molar-refractivity contribution in [3.63, 3.8) is 0 Å². The molecule has 1 aromatic rings. The lowest BCUT2D eigenvalue weighted by molar-refractivity contribution is -0.141. The van der Waals surface area contributed by atoms with Gasteiger partial charge < -0.3 is 4.74 Å². The van der Waals surface area contributed by atoms with E-state index in [1.807, 2.05) is 6.07 Å². The molecule has 88 valence electrons. The molecule has 1 aromatic carbocycles. The van der Waals surface area contributed by atoms with Crippen LogP contribution in [0.4, 0.5) is 0 Å². The molecule has 0 unspecified atom stereocenters. The zero-order valence-corrected chi connectivity index (χ0v) is 10.1. The van der Waals surface area contributed by atoms with E-state index in [0.29, 0.717) is 12.5 Å². The lowest BCUT2D eigenvalue weighted by Crippen LogP contribution is -2.06. The van der Waals surface area contributed by atoms with Crippen LogP contribution in [-0.4, -0.2) is 12.6 Å². The van der Waals surface area contributed by atoms with Gasteiger partial charge in [0.05, 0.1) is 6.61 Å². The topological polar surface area (TPSA) is 26.3 Å². The van der Waals surface area contributed by atoms with Gasteiger partial charge in [0.15, 0.2) is 0 Å². The molecule has 0 aliphatic heterocycles. The number of rotatable bonds is 6. The van der Waals surface area contributed by atoms with Crippen molar-refractivity contribution >= 4 is 5.97 Å². The van der Waals surface area contributed by atoms with Crippen molar-refractivity contribution in [1.82, 2.24) is 0 Å². The van der Waals surface area contributed by atoms with E-state index in [2.05, 4.69) is 31.2 Å². The predicted molar refractivity (Wildman–Crippen MR) is 65.2 cm³/mol. The third-order valence-corrected chi connectivity index (χ3v) is 2.68. The second kappa shape index (κ2) is 7.04. The van der Waals surface area contributed by atoms with Gasteiger partial charge in [0.2, 0.25) is 0 Å². The van der Waals surface area contributed by atoms with Crippen LogP contribution in [0.15, 0.2) is 30.3 Å². The highest BCUT2D eigenvalue weighted by Gasteiger charge is 2.03. The lowest BCUT2D eigenvalue weighted by Gasteiger charge is -2.10. The maximum absolute atomic E-state index is 10.6. The summed E-state index contributed by atoms with van der Waals surface area (Å²) in [5, 5.41) is 0. The highest BCUT2D eigenvalue weighted by atomic mass is 16.5. The fraction of sp³-hybridized carbons (Fsp3) is 0.500. The lowest BCUT2D eigenvalue weighted by atomic mass is 9.99. The second-order valence-electron chi connectivity index (χ2n) is 4.26. The highest BCUT2D eigenvalue weighted by molar-refractivity contribution is 5.65. The fourth-order valence-corrected chi connectivity index (χ4v) is 1.61. The maximum atomic E-state index is 10.6. The summed E-state index contributed by atoms with van der Waals surface area (Å²) in [4.78, 5) is 10.6. The first-order valence-corrected chi connectivity index (χ1v) is 5.86. The summed E-state index contributed by atoms with van der Waals surface area (Å²) in [5.41, 5.74) is 1.38. The van der Waals surface area contributed by atoms with Crippen molar-refractivity contribution in [3.05, 3.63) is 35.9 Å². The van der Waals surface area contributed by atoms with Crippen molar-refractivity contribution in [3.8, 4) is 0 Å². The van der Waals surface area contributed by atoms with E-state index in [0.717, 1.165) is 19.3 Å². The van der Waals surface area contributed by atoms with Crippen molar-refractivity contribution in [2.45, 2.75) is 33.1 Å². The molecule has 0 saturated carbocycles. The smallest absolute Gasteiger partial charge is 0.302 e. The third kappa shape index (κ3) is 5.54. The van der Waals surface area contributed by atoms with Gasteiger partial charge in [-0.05, 0) is 30.7 Å². The van der Waals surface area contributed by atoms with Crippen LogP contribution in [-0.2, 0) is 16.0 Å². The average molecular weight is 220 g/mol. The van der Waals surface area contributed by atoms with E-state index in [-0.39, 0.29) is 5.97 Å². The first kappa shape index (κ1) is 12.8. The Morgan fingerprint density at radius 3 is 2.56 bits per heavy atom.